The second-order valence-electron chi connectivity index (χ2n) is 7.29. The Morgan fingerprint density at radius 1 is 0.800 bits per heavy atom. The Labute approximate surface area is 177 Å². The van der Waals surface area contributed by atoms with Gasteiger partial charge in [-0.15, -0.1) is 0 Å². The standard InChI is InChI=1S/C24H18ClN3O2/c1-26-20-14-28(19-13-7-9-15-8-3-4-10-16(15)19)22(17-11-5-6-12-18(17)25)21(20)23(29)27(2)24(26)30/h3-14H,1-2H3. The summed E-state index contributed by atoms with van der Waals surface area (Å²) in [5.74, 6) is 0. The van der Waals surface area contributed by atoms with Crippen LogP contribution in [0.4, 0.5) is 0 Å². The molecule has 5 rings (SSSR count). The van der Waals surface area contributed by atoms with E-state index in [0.717, 1.165) is 26.6 Å². The maximum absolute atomic E-state index is 13.2. The van der Waals surface area contributed by atoms with E-state index in [1.54, 1.807) is 13.1 Å². The summed E-state index contributed by atoms with van der Waals surface area (Å²) in [6.07, 6.45) is 1.85. The van der Waals surface area contributed by atoms with E-state index in [9.17, 15) is 9.59 Å². The molecule has 0 bridgehead atoms. The fourth-order valence-electron chi connectivity index (χ4n) is 4.07. The van der Waals surface area contributed by atoms with E-state index in [0.29, 0.717) is 21.6 Å². The molecule has 3 aromatic carbocycles. The molecule has 0 N–H and O–H groups in total. The lowest BCUT2D eigenvalue weighted by molar-refractivity contribution is 0.714. The lowest BCUT2D eigenvalue weighted by Crippen LogP contribution is -2.36. The average Bonchev–Trinajstić information content (AvgIpc) is 3.16. The van der Waals surface area contributed by atoms with Crippen molar-refractivity contribution >= 4 is 33.3 Å². The van der Waals surface area contributed by atoms with Gasteiger partial charge in [-0.2, -0.15) is 0 Å². The zero-order chi connectivity index (χ0) is 21.0. The molecule has 0 saturated heterocycles. The first-order valence-electron chi connectivity index (χ1n) is 9.53. The molecule has 6 heteroatoms. The molecule has 5 aromatic rings. The van der Waals surface area contributed by atoms with E-state index in [1.165, 1.54) is 11.6 Å². The predicted molar refractivity (Wildman–Crippen MR) is 122 cm³/mol. The molecular weight excluding hydrogens is 398 g/mol. The monoisotopic (exact) mass is 415 g/mol. The molecule has 0 radical (unpaired) electrons. The third-order valence-electron chi connectivity index (χ3n) is 5.59. The molecule has 5 nitrogen and oxygen atoms in total. The van der Waals surface area contributed by atoms with Crippen molar-refractivity contribution in [2.45, 2.75) is 0 Å². The summed E-state index contributed by atoms with van der Waals surface area (Å²) in [7, 11) is 3.17. The SMILES string of the molecule is Cn1c(=O)c2c(-c3ccccc3Cl)n(-c3cccc4ccccc34)cc2n(C)c1=O. The Hall–Kier alpha value is -3.57. The van der Waals surface area contributed by atoms with E-state index in [-0.39, 0.29) is 11.2 Å². The molecule has 0 aliphatic heterocycles. The van der Waals surface area contributed by atoms with E-state index in [4.69, 9.17) is 11.6 Å². The van der Waals surface area contributed by atoms with Gasteiger partial charge in [-0.1, -0.05) is 66.2 Å². The highest BCUT2D eigenvalue weighted by Crippen LogP contribution is 2.36. The molecular formula is C24H18ClN3O2. The number of aryl methyl sites for hydroxylation is 1. The van der Waals surface area contributed by atoms with Gasteiger partial charge in [0.1, 0.15) is 0 Å². The third-order valence-corrected chi connectivity index (χ3v) is 5.92. The smallest absolute Gasteiger partial charge is 0.313 e. The third kappa shape index (κ3) is 2.56. The first-order chi connectivity index (χ1) is 14.5. The normalized spacial score (nSPS) is 11.4. The van der Waals surface area contributed by atoms with Crippen LogP contribution in [-0.2, 0) is 14.1 Å². The van der Waals surface area contributed by atoms with Crippen LogP contribution in [0.3, 0.4) is 0 Å². The molecule has 0 fully saturated rings. The molecule has 0 atom stereocenters. The maximum atomic E-state index is 13.2. The van der Waals surface area contributed by atoms with Crippen LogP contribution in [0.15, 0.2) is 82.5 Å². The van der Waals surface area contributed by atoms with Gasteiger partial charge in [0.25, 0.3) is 5.56 Å². The van der Waals surface area contributed by atoms with Gasteiger partial charge in [0, 0.05) is 36.3 Å². The van der Waals surface area contributed by atoms with Gasteiger partial charge in [-0.3, -0.25) is 13.9 Å². The van der Waals surface area contributed by atoms with E-state index < -0.39 is 0 Å². The molecule has 0 aliphatic rings. The molecule has 0 aliphatic carbocycles. The summed E-state index contributed by atoms with van der Waals surface area (Å²) in [5, 5.41) is 3.12. The van der Waals surface area contributed by atoms with Crippen molar-refractivity contribution in [1.29, 1.82) is 0 Å². The fraction of sp³-hybridized carbons (Fsp3) is 0.0833. The lowest BCUT2D eigenvalue weighted by Gasteiger charge is -2.13. The highest BCUT2D eigenvalue weighted by atomic mass is 35.5. The Morgan fingerprint density at radius 2 is 1.50 bits per heavy atom. The molecule has 30 heavy (non-hydrogen) atoms. The number of nitrogens with zero attached hydrogens (tertiary/aromatic N) is 3. The number of hydrogen-bond acceptors (Lipinski definition) is 2. The number of benzene rings is 3. The molecule has 0 amide bonds. The highest BCUT2D eigenvalue weighted by Gasteiger charge is 2.22. The van der Waals surface area contributed by atoms with E-state index in [1.807, 2.05) is 71.4 Å². The molecule has 148 valence electrons. The van der Waals surface area contributed by atoms with Gasteiger partial charge in [-0.25, -0.2) is 4.79 Å². The molecule has 0 saturated carbocycles. The summed E-state index contributed by atoms with van der Waals surface area (Å²) in [5.41, 5.74) is 2.16. The van der Waals surface area contributed by atoms with E-state index >= 15 is 0 Å². The van der Waals surface area contributed by atoms with Crippen molar-refractivity contribution in [3.05, 3.63) is 98.8 Å². The zero-order valence-electron chi connectivity index (χ0n) is 16.5. The second-order valence-corrected chi connectivity index (χ2v) is 7.70. The number of rotatable bonds is 2. The Balaban J connectivity index is 2.04. The van der Waals surface area contributed by atoms with Crippen LogP contribution in [0.25, 0.3) is 38.6 Å². The van der Waals surface area contributed by atoms with Crippen LogP contribution in [0.2, 0.25) is 5.02 Å². The van der Waals surface area contributed by atoms with Crippen molar-refractivity contribution in [3.8, 4) is 16.9 Å². The predicted octanol–water partition coefficient (Wildman–Crippen LogP) is 4.50. The van der Waals surface area contributed by atoms with Crippen LogP contribution in [-0.4, -0.2) is 13.7 Å². The van der Waals surface area contributed by atoms with Crippen molar-refractivity contribution in [2.24, 2.45) is 14.1 Å². The minimum atomic E-state index is -0.367. The molecule has 0 unspecified atom stereocenters. The maximum Gasteiger partial charge on any atom is 0.330 e. The number of hydrogen-bond donors (Lipinski definition) is 0. The summed E-state index contributed by atoms with van der Waals surface area (Å²) in [4.78, 5) is 25.8. The lowest BCUT2D eigenvalue weighted by atomic mass is 10.1. The van der Waals surface area contributed by atoms with Crippen molar-refractivity contribution in [2.75, 3.05) is 0 Å². The second kappa shape index (κ2) is 6.75. The van der Waals surface area contributed by atoms with Crippen molar-refractivity contribution < 1.29 is 0 Å². The van der Waals surface area contributed by atoms with E-state index in [2.05, 4.69) is 0 Å². The van der Waals surface area contributed by atoms with Gasteiger partial charge in [0.05, 0.1) is 22.3 Å². The van der Waals surface area contributed by atoms with Crippen LogP contribution < -0.4 is 11.2 Å². The first-order valence-corrected chi connectivity index (χ1v) is 9.91. The fourth-order valence-corrected chi connectivity index (χ4v) is 4.29. The Bertz CT molecular complexity index is 1570. The molecule has 0 spiro atoms. The Morgan fingerprint density at radius 3 is 2.30 bits per heavy atom. The first kappa shape index (κ1) is 18.5. The number of halogens is 1. The average molecular weight is 416 g/mol. The van der Waals surface area contributed by atoms with Crippen LogP contribution in [0.5, 0.6) is 0 Å². The highest BCUT2D eigenvalue weighted by molar-refractivity contribution is 6.33. The van der Waals surface area contributed by atoms with Gasteiger partial charge in [-0.05, 0) is 17.5 Å². The van der Waals surface area contributed by atoms with Gasteiger partial charge in [0.15, 0.2) is 0 Å². The largest absolute Gasteiger partial charge is 0.330 e. The van der Waals surface area contributed by atoms with Crippen molar-refractivity contribution in [1.82, 2.24) is 13.7 Å². The summed E-state index contributed by atoms with van der Waals surface area (Å²) >= 11 is 6.57. The van der Waals surface area contributed by atoms with Gasteiger partial charge in [0.2, 0.25) is 0 Å². The molecule has 2 heterocycles. The van der Waals surface area contributed by atoms with Crippen LogP contribution in [0, 0.1) is 0 Å². The zero-order valence-corrected chi connectivity index (χ0v) is 17.2. The Kier molecular flexibility index (Phi) is 4.15. The molecule has 2 aromatic heterocycles. The van der Waals surface area contributed by atoms with Crippen molar-refractivity contribution in [3.63, 3.8) is 0 Å². The number of aromatic nitrogens is 3. The van der Waals surface area contributed by atoms with Crippen LogP contribution >= 0.6 is 11.6 Å². The summed E-state index contributed by atoms with van der Waals surface area (Å²) in [6.45, 7) is 0. The quantitative estimate of drug-likeness (QED) is 0.426. The summed E-state index contributed by atoms with van der Waals surface area (Å²) < 4.78 is 4.60. The van der Waals surface area contributed by atoms with Crippen LogP contribution in [0.1, 0.15) is 0 Å². The minimum absolute atomic E-state index is 0.345. The summed E-state index contributed by atoms with van der Waals surface area (Å²) in [6, 6.07) is 21.5. The van der Waals surface area contributed by atoms with Gasteiger partial charge >= 0.3 is 5.69 Å². The van der Waals surface area contributed by atoms with Gasteiger partial charge < -0.3 is 4.57 Å². The minimum Gasteiger partial charge on any atom is -0.313 e. The topological polar surface area (TPSA) is 48.9 Å². The number of fused-ring (bicyclic) bond motifs is 2.